The summed E-state index contributed by atoms with van der Waals surface area (Å²) in [5, 5.41) is 12.4. The van der Waals surface area contributed by atoms with Gasteiger partial charge in [-0.1, -0.05) is 35.9 Å². The van der Waals surface area contributed by atoms with E-state index >= 15 is 0 Å². The molecule has 0 bridgehead atoms. The van der Waals surface area contributed by atoms with Crippen LogP contribution in [0, 0.1) is 13.8 Å². The molecule has 3 nitrogen and oxygen atoms in total. The number of hydrogen-bond donors (Lipinski definition) is 2. The van der Waals surface area contributed by atoms with Gasteiger partial charge in [0.25, 0.3) is 0 Å². The van der Waals surface area contributed by atoms with Crippen molar-refractivity contribution in [1.82, 2.24) is 0 Å². The predicted octanol–water partition coefficient (Wildman–Crippen LogP) is 3.58. The number of anilines is 1. The van der Waals surface area contributed by atoms with Gasteiger partial charge in [0, 0.05) is 6.42 Å². The second kappa shape index (κ2) is 6.24. The van der Waals surface area contributed by atoms with Gasteiger partial charge in [-0.15, -0.1) is 0 Å². The Morgan fingerprint density at radius 2 is 1.70 bits per heavy atom. The van der Waals surface area contributed by atoms with Gasteiger partial charge < -0.3 is 10.4 Å². The first-order valence-electron chi connectivity index (χ1n) is 6.69. The van der Waals surface area contributed by atoms with E-state index in [1.165, 1.54) is 5.56 Å². The highest BCUT2D eigenvalue weighted by Gasteiger charge is 2.07. The molecule has 1 amide bonds. The molecule has 0 aromatic heterocycles. The van der Waals surface area contributed by atoms with Gasteiger partial charge in [0.15, 0.2) is 0 Å². The lowest BCUT2D eigenvalue weighted by Crippen LogP contribution is -2.12. The Labute approximate surface area is 119 Å². The van der Waals surface area contributed by atoms with E-state index in [9.17, 15) is 9.90 Å². The number of phenols is 1. The standard InChI is InChI=1S/C17H19NO2/c1-12-3-6-14(7-4-12)8-10-17(20)18-15-11-13(2)5-9-16(15)19/h3-7,9,11,19H,8,10H2,1-2H3,(H,18,20). The van der Waals surface area contributed by atoms with Crippen LogP contribution >= 0.6 is 0 Å². The van der Waals surface area contributed by atoms with E-state index in [1.807, 2.05) is 38.1 Å². The normalized spacial score (nSPS) is 10.3. The second-order valence-corrected chi connectivity index (χ2v) is 5.05. The molecule has 0 aliphatic rings. The van der Waals surface area contributed by atoms with Crippen LogP contribution in [0.4, 0.5) is 5.69 Å². The Morgan fingerprint density at radius 1 is 1.05 bits per heavy atom. The second-order valence-electron chi connectivity index (χ2n) is 5.05. The first kappa shape index (κ1) is 14.1. The largest absolute Gasteiger partial charge is 0.506 e. The molecule has 0 atom stereocenters. The lowest BCUT2D eigenvalue weighted by molar-refractivity contribution is -0.116. The number of carbonyl (C=O) groups excluding carboxylic acids is 1. The zero-order chi connectivity index (χ0) is 14.5. The highest BCUT2D eigenvalue weighted by atomic mass is 16.3. The lowest BCUT2D eigenvalue weighted by atomic mass is 10.1. The number of amides is 1. The van der Waals surface area contributed by atoms with Crippen molar-refractivity contribution >= 4 is 11.6 Å². The molecular weight excluding hydrogens is 250 g/mol. The number of aryl methyl sites for hydroxylation is 3. The highest BCUT2D eigenvalue weighted by Crippen LogP contribution is 2.24. The molecule has 0 saturated heterocycles. The van der Waals surface area contributed by atoms with Crippen LogP contribution in [0.1, 0.15) is 23.1 Å². The fourth-order valence-electron chi connectivity index (χ4n) is 1.98. The van der Waals surface area contributed by atoms with Crippen molar-refractivity contribution in [3.05, 3.63) is 59.2 Å². The van der Waals surface area contributed by atoms with Crippen molar-refractivity contribution in [2.24, 2.45) is 0 Å². The summed E-state index contributed by atoms with van der Waals surface area (Å²) in [6, 6.07) is 13.3. The molecule has 0 spiro atoms. The van der Waals surface area contributed by atoms with Crippen LogP contribution < -0.4 is 5.32 Å². The van der Waals surface area contributed by atoms with Crippen LogP contribution in [0.25, 0.3) is 0 Å². The number of aromatic hydroxyl groups is 1. The van der Waals surface area contributed by atoms with Crippen molar-refractivity contribution in [3.63, 3.8) is 0 Å². The summed E-state index contributed by atoms with van der Waals surface area (Å²) in [6.07, 6.45) is 1.09. The summed E-state index contributed by atoms with van der Waals surface area (Å²) in [4.78, 5) is 11.9. The molecule has 3 heteroatoms. The minimum Gasteiger partial charge on any atom is -0.506 e. The topological polar surface area (TPSA) is 49.3 Å². The van der Waals surface area contributed by atoms with Crippen LogP contribution in [0.5, 0.6) is 5.75 Å². The maximum Gasteiger partial charge on any atom is 0.224 e. The van der Waals surface area contributed by atoms with Gasteiger partial charge in [-0.3, -0.25) is 4.79 Å². The van der Waals surface area contributed by atoms with E-state index < -0.39 is 0 Å². The molecule has 2 aromatic carbocycles. The highest BCUT2D eigenvalue weighted by molar-refractivity contribution is 5.92. The average Bonchev–Trinajstić information content (AvgIpc) is 2.42. The monoisotopic (exact) mass is 269 g/mol. The van der Waals surface area contributed by atoms with Gasteiger partial charge in [0.05, 0.1) is 5.69 Å². The number of phenolic OH excluding ortho intramolecular Hbond substituents is 1. The Hall–Kier alpha value is -2.29. The van der Waals surface area contributed by atoms with Crippen LogP contribution in [0.3, 0.4) is 0 Å². The maximum absolute atomic E-state index is 11.9. The number of nitrogens with one attached hydrogen (secondary N) is 1. The van der Waals surface area contributed by atoms with Crippen LogP contribution in [-0.4, -0.2) is 11.0 Å². The molecule has 2 rings (SSSR count). The molecule has 2 N–H and O–H groups in total. The van der Waals surface area contributed by atoms with Gasteiger partial charge in [-0.05, 0) is 43.5 Å². The smallest absolute Gasteiger partial charge is 0.224 e. The first-order valence-corrected chi connectivity index (χ1v) is 6.69. The molecule has 0 fully saturated rings. The van der Waals surface area contributed by atoms with Crippen LogP contribution in [0.15, 0.2) is 42.5 Å². The molecule has 0 radical (unpaired) electrons. The summed E-state index contributed by atoms with van der Waals surface area (Å²) in [5.74, 6) is 0.00533. The number of benzene rings is 2. The Balaban J connectivity index is 1.92. The van der Waals surface area contributed by atoms with Gasteiger partial charge in [0.1, 0.15) is 5.75 Å². The number of hydrogen-bond acceptors (Lipinski definition) is 2. The molecule has 0 unspecified atom stereocenters. The van der Waals surface area contributed by atoms with E-state index in [2.05, 4.69) is 5.32 Å². The fourth-order valence-corrected chi connectivity index (χ4v) is 1.98. The van der Waals surface area contributed by atoms with Crippen LogP contribution in [-0.2, 0) is 11.2 Å². The Bertz CT molecular complexity index is 603. The zero-order valence-corrected chi connectivity index (χ0v) is 11.8. The third-order valence-electron chi connectivity index (χ3n) is 3.19. The minimum atomic E-state index is -0.0912. The minimum absolute atomic E-state index is 0.0912. The molecule has 0 saturated carbocycles. The van der Waals surface area contributed by atoms with E-state index in [0.29, 0.717) is 18.5 Å². The van der Waals surface area contributed by atoms with Crippen molar-refractivity contribution in [2.75, 3.05) is 5.32 Å². The molecule has 0 aliphatic heterocycles. The molecule has 104 valence electrons. The van der Waals surface area contributed by atoms with Gasteiger partial charge in [0.2, 0.25) is 5.91 Å². The molecule has 0 heterocycles. The maximum atomic E-state index is 11.9. The Kier molecular flexibility index (Phi) is 4.41. The molecule has 20 heavy (non-hydrogen) atoms. The van der Waals surface area contributed by atoms with Gasteiger partial charge >= 0.3 is 0 Å². The average molecular weight is 269 g/mol. The third kappa shape index (κ3) is 3.85. The summed E-state index contributed by atoms with van der Waals surface area (Å²) in [5.41, 5.74) is 3.82. The van der Waals surface area contributed by atoms with Crippen molar-refractivity contribution < 1.29 is 9.90 Å². The summed E-state index contributed by atoms with van der Waals surface area (Å²) >= 11 is 0. The van der Waals surface area contributed by atoms with Crippen molar-refractivity contribution in [2.45, 2.75) is 26.7 Å². The summed E-state index contributed by atoms with van der Waals surface area (Å²) < 4.78 is 0. The van der Waals surface area contributed by atoms with E-state index in [4.69, 9.17) is 0 Å². The summed E-state index contributed by atoms with van der Waals surface area (Å²) in [7, 11) is 0. The van der Waals surface area contributed by atoms with Crippen molar-refractivity contribution in [3.8, 4) is 5.75 Å². The summed E-state index contributed by atoms with van der Waals surface area (Å²) in [6.45, 7) is 3.96. The van der Waals surface area contributed by atoms with Gasteiger partial charge in [-0.25, -0.2) is 0 Å². The Morgan fingerprint density at radius 3 is 2.40 bits per heavy atom. The third-order valence-corrected chi connectivity index (χ3v) is 3.19. The van der Waals surface area contributed by atoms with E-state index in [0.717, 1.165) is 11.1 Å². The van der Waals surface area contributed by atoms with Crippen molar-refractivity contribution in [1.29, 1.82) is 0 Å². The quantitative estimate of drug-likeness (QED) is 0.833. The van der Waals surface area contributed by atoms with Gasteiger partial charge in [-0.2, -0.15) is 0 Å². The number of rotatable bonds is 4. The first-order chi connectivity index (χ1) is 9.54. The SMILES string of the molecule is Cc1ccc(CCC(=O)Nc2cc(C)ccc2O)cc1. The predicted molar refractivity (Wildman–Crippen MR) is 81.0 cm³/mol. The zero-order valence-electron chi connectivity index (χ0n) is 11.8. The van der Waals surface area contributed by atoms with E-state index in [-0.39, 0.29) is 11.7 Å². The molecule has 2 aromatic rings. The lowest BCUT2D eigenvalue weighted by Gasteiger charge is -2.08. The fraction of sp³-hybridized carbons (Fsp3) is 0.235. The molecule has 0 aliphatic carbocycles. The van der Waals surface area contributed by atoms with Crippen LogP contribution in [0.2, 0.25) is 0 Å². The number of carbonyl (C=O) groups is 1. The molecular formula is C17H19NO2. The van der Waals surface area contributed by atoms with E-state index in [1.54, 1.807) is 18.2 Å².